The number of rotatable bonds is 8. The van der Waals surface area contributed by atoms with Crippen LogP contribution in [0.1, 0.15) is 92.2 Å². The molecule has 9 heteroatoms. The number of ether oxygens (including phenoxy) is 4. The molecule has 0 saturated heterocycles. The minimum Gasteiger partial charge on any atom is -0.458 e. The molecule has 0 unspecified atom stereocenters. The van der Waals surface area contributed by atoms with Crippen molar-refractivity contribution in [1.29, 1.82) is 0 Å². The Balaban J connectivity index is 1.74. The van der Waals surface area contributed by atoms with Crippen molar-refractivity contribution in [3.05, 3.63) is 59.2 Å². The monoisotopic (exact) mass is 637 g/mol. The minimum absolute atomic E-state index is 0.00128. The summed E-state index contributed by atoms with van der Waals surface area (Å²) in [6.45, 7) is 16.8. The molecular formula is C37H51NO8. The molecule has 0 heterocycles. The lowest BCUT2D eigenvalue weighted by molar-refractivity contribution is -0.187. The minimum atomic E-state index is -0.899. The molecule has 4 rings (SSSR count). The summed E-state index contributed by atoms with van der Waals surface area (Å²) in [4.78, 5) is 53.0. The molecule has 46 heavy (non-hydrogen) atoms. The second-order valence-corrected chi connectivity index (χ2v) is 14.4. The second kappa shape index (κ2) is 13.7. The van der Waals surface area contributed by atoms with E-state index in [1.807, 2.05) is 56.3 Å². The van der Waals surface area contributed by atoms with E-state index in [9.17, 15) is 19.2 Å². The van der Waals surface area contributed by atoms with Gasteiger partial charge in [0, 0.05) is 32.2 Å². The first kappa shape index (κ1) is 35.4. The molecule has 0 spiro atoms. The van der Waals surface area contributed by atoms with Crippen LogP contribution in [0.25, 0.3) is 0 Å². The van der Waals surface area contributed by atoms with Gasteiger partial charge in [0.15, 0.2) is 6.10 Å². The number of benzene rings is 1. The van der Waals surface area contributed by atoms with Crippen LogP contribution >= 0.6 is 0 Å². The average Bonchev–Trinajstić information content (AvgIpc) is 2.95. The third-order valence-corrected chi connectivity index (χ3v) is 10.8. The van der Waals surface area contributed by atoms with Crippen LogP contribution in [0.4, 0.5) is 0 Å². The first-order valence-electron chi connectivity index (χ1n) is 16.3. The zero-order chi connectivity index (χ0) is 34.1. The summed E-state index contributed by atoms with van der Waals surface area (Å²) < 4.78 is 24.2. The zero-order valence-electron chi connectivity index (χ0n) is 28.9. The third-order valence-electron chi connectivity index (χ3n) is 10.8. The predicted octanol–water partition coefficient (Wildman–Crippen LogP) is 6.13. The van der Waals surface area contributed by atoms with Crippen LogP contribution in [0.3, 0.4) is 0 Å². The van der Waals surface area contributed by atoms with Gasteiger partial charge in [-0.2, -0.15) is 0 Å². The van der Waals surface area contributed by atoms with Crippen LogP contribution in [-0.2, 0) is 38.1 Å². The van der Waals surface area contributed by atoms with Crippen LogP contribution in [0, 0.1) is 22.7 Å². The topological polar surface area (TPSA) is 108 Å². The van der Waals surface area contributed by atoms with Gasteiger partial charge in [-0.25, -0.2) is 0 Å². The standard InChI is InChI=1S/C37H51NO8/c1-21-28-18-27-19-31(43-23(3)39)22(2)33(36(27,6)7)34(44-24(4)40)35(45-25(5)41)37(28,8)17-16-30(21)46-32(42)20-29(38(9)10)26-14-12-11-13-15-26/h11-15,27-31,34-35H,1,16-20H2,2-10H3/t27-,28-,29-,30+,31+,34-,35+,37-/m1/s1. The van der Waals surface area contributed by atoms with Crippen molar-refractivity contribution in [3.8, 4) is 0 Å². The van der Waals surface area contributed by atoms with Gasteiger partial charge in [-0.1, -0.05) is 57.7 Å². The molecule has 252 valence electrons. The van der Waals surface area contributed by atoms with E-state index in [2.05, 4.69) is 27.4 Å². The van der Waals surface area contributed by atoms with Crippen molar-refractivity contribution in [2.75, 3.05) is 14.1 Å². The van der Waals surface area contributed by atoms with E-state index in [0.29, 0.717) is 25.7 Å². The lowest BCUT2D eigenvalue weighted by atomic mass is 9.50. The average molecular weight is 638 g/mol. The Labute approximate surface area is 273 Å². The first-order valence-corrected chi connectivity index (χ1v) is 16.3. The fraction of sp³-hybridized carbons (Fsp3) is 0.622. The summed E-state index contributed by atoms with van der Waals surface area (Å²) in [6, 6.07) is 9.73. The molecule has 1 aromatic rings. The molecule has 3 aliphatic rings. The number of carbonyl (C=O) groups is 4. The predicted molar refractivity (Wildman–Crippen MR) is 173 cm³/mol. The Hall–Kier alpha value is -3.46. The Kier molecular flexibility index (Phi) is 10.6. The van der Waals surface area contributed by atoms with E-state index < -0.39 is 53.2 Å². The second-order valence-electron chi connectivity index (χ2n) is 14.4. The number of fused-ring (bicyclic) bond motifs is 3. The van der Waals surface area contributed by atoms with Crippen LogP contribution in [0.5, 0.6) is 0 Å². The summed E-state index contributed by atoms with van der Waals surface area (Å²) >= 11 is 0. The van der Waals surface area contributed by atoms with Crippen molar-refractivity contribution in [2.45, 2.75) is 111 Å². The molecule has 3 aliphatic carbocycles. The molecule has 2 saturated carbocycles. The Morgan fingerprint density at radius 1 is 0.891 bits per heavy atom. The van der Waals surface area contributed by atoms with Gasteiger partial charge in [0.05, 0.1) is 6.42 Å². The van der Waals surface area contributed by atoms with Crippen molar-refractivity contribution < 1.29 is 38.1 Å². The highest BCUT2D eigenvalue weighted by molar-refractivity contribution is 5.71. The van der Waals surface area contributed by atoms with Gasteiger partial charge < -0.3 is 23.8 Å². The van der Waals surface area contributed by atoms with E-state index >= 15 is 0 Å². The number of nitrogens with zero attached hydrogens (tertiary/aromatic N) is 1. The van der Waals surface area contributed by atoms with E-state index in [1.165, 1.54) is 20.8 Å². The maximum absolute atomic E-state index is 13.5. The number of hydrogen-bond donors (Lipinski definition) is 0. The first-order chi connectivity index (χ1) is 21.5. The molecule has 0 amide bonds. The third kappa shape index (κ3) is 7.09. The van der Waals surface area contributed by atoms with Gasteiger partial charge in [-0.3, -0.25) is 19.2 Å². The van der Waals surface area contributed by atoms with E-state index in [4.69, 9.17) is 18.9 Å². The van der Waals surface area contributed by atoms with E-state index in [-0.39, 0.29) is 30.3 Å². The van der Waals surface area contributed by atoms with Crippen molar-refractivity contribution in [1.82, 2.24) is 4.90 Å². The highest BCUT2D eigenvalue weighted by Gasteiger charge is 2.60. The fourth-order valence-electron chi connectivity index (χ4n) is 8.39. The molecule has 0 radical (unpaired) electrons. The van der Waals surface area contributed by atoms with Crippen LogP contribution in [0.2, 0.25) is 0 Å². The molecular weight excluding hydrogens is 586 g/mol. The summed E-state index contributed by atoms with van der Waals surface area (Å²) in [6.07, 6.45) is -0.346. The van der Waals surface area contributed by atoms with Crippen LogP contribution < -0.4 is 0 Å². The maximum Gasteiger partial charge on any atom is 0.308 e. The Bertz CT molecular complexity index is 1380. The highest BCUT2D eigenvalue weighted by Crippen LogP contribution is 2.60. The van der Waals surface area contributed by atoms with Crippen molar-refractivity contribution >= 4 is 23.9 Å². The lowest BCUT2D eigenvalue weighted by Gasteiger charge is -2.58. The number of hydrogen-bond acceptors (Lipinski definition) is 9. The van der Waals surface area contributed by atoms with Crippen molar-refractivity contribution in [2.24, 2.45) is 22.7 Å². The van der Waals surface area contributed by atoms with Gasteiger partial charge in [-0.05, 0) is 86.2 Å². The molecule has 8 atom stereocenters. The van der Waals surface area contributed by atoms with E-state index in [0.717, 1.165) is 22.3 Å². The van der Waals surface area contributed by atoms with Gasteiger partial charge >= 0.3 is 23.9 Å². The Morgan fingerprint density at radius 2 is 1.50 bits per heavy atom. The molecule has 1 aromatic carbocycles. The summed E-state index contributed by atoms with van der Waals surface area (Å²) in [7, 11) is 3.89. The molecule has 0 aliphatic heterocycles. The summed E-state index contributed by atoms with van der Waals surface area (Å²) in [5, 5.41) is 0. The van der Waals surface area contributed by atoms with Gasteiger partial charge in [0.1, 0.15) is 18.3 Å². The number of esters is 4. The zero-order valence-corrected chi connectivity index (χ0v) is 28.9. The van der Waals surface area contributed by atoms with Crippen LogP contribution in [0.15, 0.2) is 53.6 Å². The molecule has 0 aromatic heterocycles. The summed E-state index contributed by atoms with van der Waals surface area (Å²) in [5.41, 5.74) is 2.25. The maximum atomic E-state index is 13.5. The smallest absolute Gasteiger partial charge is 0.308 e. The molecule has 9 nitrogen and oxygen atoms in total. The molecule has 2 bridgehead atoms. The quantitative estimate of drug-likeness (QED) is 0.189. The molecule has 0 N–H and O–H groups in total. The lowest BCUT2D eigenvalue weighted by Crippen LogP contribution is -2.59. The van der Waals surface area contributed by atoms with Crippen molar-refractivity contribution in [3.63, 3.8) is 0 Å². The van der Waals surface area contributed by atoms with Gasteiger partial charge in [-0.15, -0.1) is 0 Å². The van der Waals surface area contributed by atoms with E-state index in [1.54, 1.807) is 0 Å². The van der Waals surface area contributed by atoms with Crippen LogP contribution in [-0.4, -0.2) is 67.3 Å². The summed E-state index contributed by atoms with van der Waals surface area (Å²) in [5.74, 6) is -1.95. The normalized spacial score (nSPS) is 31.1. The number of carbonyl (C=O) groups excluding carboxylic acids is 4. The van der Waals surface area contributed by atoms with Gasteiger partial charge in [0.25, 0.3) is 0 Å². The largest absolute Gasteiger partial charge is 0.458 e. The fourth-order valence-corrected chi connectivity index (χ4v) is 8.39. The Morgan fingerprint density at radius 3 is 2.07 bits per heavy atom. The SMILES string of the molecule is C=C1[C@@H](OC(=O)C[C@H](c2ccccc2)N(C)C)CC[C@]2(C)[C@@H]1C[C@@H]1C[C@H](OC(C)=O)C(C)=C([C@@H](OC(C)=O)[C@@H]2OC(C)=O)C1(C)C. The van der Waals surface area contributed by atoms with Gasteiger partial charge in [0.2, 0.25) is 0 Å². The highest BCUT2D eigenvalue weighted by atomic mass is 16.6. The molecule has 2 fully saturated rings.